The highest BCUT2D eigenvalue weighted by molar-refractivity contribution is 5.98. The lowest BCUT2D eigenvalue weighted by molar-refractivity contribution is -0.0291. The first-order valence-corrected chi connectivity index (χ1v) is 15.0. The summed E-state index contributed by atoms with van der Waals surface area (Å²) in [7, 11) is 3.09. The van der Waals surface area contributed by atoms with Crippen molar-refractivity contribution in [2.45, 2.75) is 43.7 Å². The molecule has 1 heterocycles. The topological polar surface area (TPSA) is 122 Å². The van der Waals surface area contributed by atoms with E-state index in [2.05, 4.69) is 10.6 Å². The van der Waals surface area contributed by atoms with Crippen LogP contribution in [0.2, 0.25) is 0 Å². The lowest BCUT2D eigenvalue weighted by Crippen LogP contribution is -2.51. The third-order valence-corrected chi connectivity index (χ3v) is 8.28. The fourth-order valence-corrected chi connectivity index (χ4v) is 5.95. The molecule has 4 aromatic carbocycles. The summed E-state index contributed by atoms with van der Waals surface area (Å²) in [6.45, 7) is 0.0641. The first-order chi connectivity index (χ1) is 21.8. The number of amides is 4. The molecule has 0 aromatic heterocycles. The van der Waals surface area contributed by atoms with E-state index in [0.717, 1.165) is 11.1 Å². The molecule has 0 spiro atoms. The van der Waals surface area contributed by atoms with E-state index in [0.29, 0.717) is 22.4 Å². The standard InChI is InChI=1S/C36H38N4O5/c1-37-34(43)27-16-9-15-26(19-27)23-39-30(20-24-11-5-3-6-12-24)32(41)33(42)31(21-25-13-7-4-8-14-25)40(36(39)45)29-18-10-17-28(22-29)35(44)38-2/h3-19,22,30-33,41-42H,20-21,23H2,1-2H3,(H,37,43)(H,38,44)/t30-,31-,32+,33+/m1/s1. The highest BCUT2D eigenvalue weighted by Gasteiger charge is 2.47. The van der Waals surface area contributed by atoms with E-state index in [1.165, 1.54) is 11.9 Å². The van der Waals surface area contributed by atoms with Gasteiger partial charge >= 0.3 is 6.03 Å². The molecule has 0 aliphatic carbocycles. The summed E-state index contributed by atoms with van der Waals surface area (Å²) in [6, 6.07) is 30.6. The molecule has 4 amide bonds. The molecule has 9 nitrogen and oxygen atoms in total. The number of anilines is 1. The lowest BCUT2D eigenvalue weighted by atomic mass is 9.90. The van der Waals surface area contributed by atoms with Crippen LogP contribution in [0, 0.1) is 0 Å². The molecule has 45 heavy (non-hydrogen) atoms. The summed E-state index contributed by atoms with van der Waals surface area (Å²) in [6.07, 6.45) is -2.12. The van der Waals surface area contributed by atoms with Crippen LogP contribution in [0.1, 0.15) is 37.4 Å². The van der Waals surface area contributed by atoms with E-state index in [4.69, 9.17) is 0 Å². The predicted octanol–water partition coefficient (Wildman–Crippen LogP) is 3.79. The van der Waals surface area contributed by atoms with Crippen molar-refractivity contribution in [1.29, 1.82) is 0 Å². The SMILES string of the molecule is CNC(=O)c1cccc(CN2C(=O)N(c3cccc(C(=O)NC)c3)[C@H](Cc3ccccc3)[C@H](O)[C@@H](O)[C@H]2Cc2ccccc2)c1. The van der Waals surface area contributed by atoms with Crippen LogP contribution in [-0.4, -0.2) is 71.3 Å². The highest BCUT2D eigenvalue weighted by Crippen LogP contribution is 2.33. The van der Waals surface area contributed by atoms with Crippen LogP contribution in [0.4, 0.5) is 10.5 Å². The van der Waals surface area contributed by atoms with Crippen molar-refractivity contribution < 1.29 is 24.6 Å². The third kappa shape index (κ3) is 7.06. The van der Waals surface area contributed by atoms with Crippen molar-refractivity contribution >= 4 is 23.5 Å². The molecule has 4 aromatic rings. The number of nitrogens with one attached hydrogen (secondary N) is 2. The number of aliphatic hydroxyl groups is 2. The van der Waals surface area contributed by atoms with Crippen LogP contribution >= 0.6 is 0 Å². The molecule has 1 aliphatic heterocycles. The molecule has 9 heteroatoms. The fourth-order valence-electron chi connectivity index (χ4n) is 5.95. The van der Waals surface area contributed by atoms with Gasteiger partial charge in [-0.15, -0.1) is 0 Å². The van der Waals surface area contributed by atoms with Gasteiger partial charge < -0.3 is 25.7 Å². The molecule has 1 aliphatic rings. The molecule has 4 N–H and O–H groups in total. The van der Waals surface area contributed by atoms with Crippen LogP contribution in [0.25, 0.3) is 0 Å². The molecule has 0 saturated carbocycles. The summed E-state index contributed by atoms with van der Waals surface area (Å²) < 4.78 is 0. The maximum absolute atomic E-state index is 14.9. The zero-order valence-corrected chi connectivity index (χ0v) is 25.3. The Morgan fingerprint density at radius 1 is 0.644 bits per heavy atom. The Hall–Kier alpha value is -4.99. The molecule has 0 bridgehead atoms. The van der Waals surface area contributed by atoms with E-state index in [1.54, 1.807) is 54.4 Å². The number of benzene rings is 4. The average Bonchev–Trinajstić information content (AvgIpc) is 3.14. The van der Waals surface area contributed by atoms with Gasteiger partial charge in [0.15, 0.2) is 0 Å². The normalized spacial score (nSPS) is 20.0. The van der Waals surface area contributed by atoms with Crippen LogP contribution in [0.5, 0.6) is 0 Å². The number of carbonyl (C=O) groups excluding carboxylic acids is 3. The number of aliphatic hydroxyl groups excluding tert-OH is 2. The van der Waals surface area contributed by atoms with Crippen molar-refractivity contribution in [1.82, 2.24) is 15.5 Å². The molecule has 5 rings (SSSR count). The van der Waals surface area contributed by atoms with Crippen LogP contribution < -0.4 is 15.5 Å². The Morgan fingerprint density at radius 3 is 1.71 bits per heavy atom. The van der Waals surface area contributed by atoms with Crippen molar-refractivity contribution in [3.63, 3.8) is 0 Å². The van der Waals surface area contributed by atoms with Gasteiger partial charge in [0, 0.05) is 37.5 Å². The molecule has 232 valence electrons. The molecular formula is C36H38N4O5. The maximum atomic E-state index is 14.9. The zero-order valence-electron chi connectivity index (χ0n) is 25.3. The minimum atomic E-state index is -1.34. The van der Waals surface area contributed by atoms with E-state index < -0.39 is 30.3 Å². The Kier molecular flexibility index (Phi) is 9.92. The van der Waals surface area contributed by atoms with Gasteiger partial charge in [0.2, 0.25) is 0 Å². The summed E-state index contributed by atoms with van der Waals surface area (Å²) in [5.41, 5.74) is 3.66. The summed E-state index contributed by atoms with van der Waals surface area (Å²) in [4.78, 5) is 43.0. The van der Waals surface area contributed by atoms with Crippen LogP contribution in [-0.2, 0) is 19.4 Å². The Labute approximate surface area is 263 Å². The molecule has 1 saturated heterocycles. The van der Waals surface area contributed by atoms with Gasteiger partial charge in [0.1, 0.15) is 12.2 Å². The van der Waals surface area contributed by atoms with Gasteiger partial charge in [-0.1, -0.05) is 78.9 Å². The van der Waals surface area contributed by atoms with E-state index in [9.17, 15) is 24.6 Å². The maximum Gasteiger partial charge on any atom is 0.325 e. The smallest absolute Gasteiger partial charge is 0.325 e. The number of nitrogens with zero attached hydrogens (tertiary/aromatic N) is 2. The van der Waals surface area contributed by atoms with Gasteiger partial charge in [0.05, 0.1) is 12.1 Å². The summed E-state index contributed by atoms with van der Waals surface area (Å²) in [5.74, 6) is -0.574. The minimum Gasteiger partial charge on any atom is -0.388 e. The third-order valence-electron chi connectivity index (χ3n) is 8.28. The second-order valence-corrected chi connectivity index (χ2v) is 11.2. The number of carbonyl (C=O) groups is 3. The largest absolute Gasteiger partial charge is 0.388 e. The van der Waals surface area contributed by atoms with Gasteiger partial charge in [-0.25, -0.2) is 4.79 Å². The van der Waals surface area contributed by atoms with Gasteiger partial charge in [0.25, 0.3) is 11.8 Å². The van der Waals surface area contributed by atoms with Crippen LogP contribution in [0.15, 0.2) is 109 Å². The second-order valence-electron chi connectivity index (χ2n) is 11.2. The average molecular weight is 607 g/mol. The second kappa shape index (κ2) is 14.2. The molecular weight excluding hydrogens is 568 g/mol. The fraction of sp³-hybridized carbons (Fsp3) is 0.250. The van der Waals surface area contributed by atoms with Crippen molar-refractivity contribution in [2.75, 3.05) is 19.0 Å². The van der Waals surface area contributed by atoms with Crippen molar-refractivity contribution in [2.24, 2.45) is 0 Å². The number of urea groups is 1. The Morgan fingerprint density at radius 2 is 1.13 bits per heavy atom. The van der Waals surface area contributed by atoms with E-state index in [1.807, 2.05) is 66.7 Å². The molecule has 0 radical (unpaired) electrons. The van der Waals surface area contributed by atoms with Crippen LogP contribution in [0.3, 0.4) is 0 Å². The highest BCUT2D eigenvalue weighted by atomic mass is 16.3. The quantitative estimate of drug-likeness (QED) is 0.231. The summed E-state index contributed by atoms with van der Waals surface area (Å²) >= 11 is 0. The molecule has 0 unspecified atom stereocenters. The number of rotatable bonds is 9. The van der Waals surface area contributed by atoms with Crippen molar-refractivity contribution in [3.05, 3.63) is 137 Å². The zero-order chi connectivity index (χ0) is 31.9. The first-order valence-electron chi connectivity index (χ1n) is 15.0. The number of hydrogen-bond acceptors (Lipinski definition) is 5. The predicted molar refractivity (Wildman–Crippen MR) is 173 cm³/mol. The lowest BCUT2D eigenvalue weighted by Gasteiger charge is -2.36. The molecule has 4 atom stereocenters. The van der Waals surface area contributed by atoms with Gasteiger partial charge in [-0.05, 0) is 59.9 Å². The minimum absolute atomic E-state index is 0.0641. The Bertz CT molecular complexity index is 1630. The molecule has 1 fully saturated rings. The van der Waals surface area contributed by atoms with Crippen molar-refractivity contribution in [3.8, 4) is 0 Å². The summed E-state index contributed by atoms with van der Waals surface area (Å²) in [5, 5.41) is 29.1. The van der Waals surface area contributed by atoms with Gasteiger partial charge in [-0.2, -0.15) is 0 Å². The first kappa shape index (κ1) is 31.4. The van der Waals surface area contributed by atoms with E-state index in [-0.39, 0.29) is 31.2 Å². The number of hydrogen-bond donors (Lipinski definition) is 4. The van der Waals surface area contributed by atoms with Gasteiger partial charge in [-0.3, -0.25) is 14.5 Å². The monoisotopic (exact) mass is 606 g/mol. The van der Waals surface area contributed by atoms with E-state index >= 15 is 0 Å². The Balaban J connectivity index is 1.65.